The smallest absolute Gasteiger partial charge is 0.242 e. The van der Waals surface area contributed by atoms with E-state index in [1.54, 1.807) is 0 Å². The number of sulfonamides is 1. The lowest BCUT2D eigenvalue weighted by Gasteiger charge is -2.11. The molecule has 78 valence electrons. The molecule has 0 amide bonds. The van der Waals surface area contributed by atoms with Gasteiger partial charge in [0.25, 0.3) is 0 Å². The number of hydrogen-bond donors (Lipinski definition) is 2. The van der Waals surface area contributed by atoms with E-state index < -0.39 is 15.8 Å². The summed E-state index contributed by atoms with van der Waals surface area (Å²) in [6, 6.07) is 3.36. The first-order chi connectivity index (χ1) is 6.35. The van der Waals surface area contributed by atoms with E-state index in [0.29, 0.717) is 0 Å². The predicted octanol–water partition coefficient (Wildman–Crippen LogP) is 0.348. The van der Waals surface area contributed by atoms with Crippen LogP contribution in [0.15, 0.2) is 23.1 Å². The Balaban J connectivity index is 3.29. The van der Waals surface area contributed by atoms with Gasteiger partial charge in [0.05, 0.1) is 4.90 Å². The van der Waals surface area contributed by atoms with Crippen molar-refractivity contribution in [2.75, 3.05) is 14.1 Å². The third-order valence-electron chi connectivity index (χ3n) is 1.73. The molecule has 0 spiro atoms. The molecule has 5 nitrogen and oxygen atoms in total. The molecular weight excluding hydrogens is 206 g/mol. The van der Waals surface area contributed by atoms with Gasteiger partial charge in [-0.1, -0.05) is 0 Å². The molecule has 1 rings (SSSR count). The Bertz CT molecular complexity index is 439. The maximum atomic E-state index is 11.5. The van der Waals surface area contributed by atoms with Crippen molar-refractivity contribution >= 4 is 10.0 Å². The van der Waals surface area contributed by atoms with E-state index in [0.717, 1.165) is 16.4 Å². The van der Waals surface area contributed by atoms with Crippen molar-refractivity contribution in [3.8, 4) is 11.5 Å². The predicted molar refractivity (Wildman–Crippen MR) is 50.6 cm³/mol. The van der Waals surface area contributed by atoms with Crippen molar-refractivity contribution in [3.63, 3.8) is 0 Å². The fourth-order valence-electron chi connectivity index (χ4n) is 0.875. The van der Waals surface area contributed by atoms with Crippen molar-refractivity contribution in [1.29, 1.82) is 0 Å². The van der Waals surface area contributed by atoms with Gasteiger partial charge in [-0.25, -0.2) is 12.7 Å². The van der Waals surface area contributed by atoms with E-state index >= 15 is 0 Å². The minimum atomic E-state index is -3.55. The standard InChI is InChI=1S/C8H11NO4S/c1-9(2)14(12,13)6-3-4-7(10)8(11)5-6/h3-5,10-11H,1-2H3. The first-order valence-electron chi connectivity index (χ1n) is 3.80. The second kappa shape index (κ2) is 3.47. The molecule has 0 fully saturated rings. The molecule has 0 unspecified atom stereocenters. The van der Waals surface area contributed by atoms with Crippen molar-refractivity contribution in [3.05, 3.63) is 18.2 Å². The van der Waals surface area contributed by atoms with Crippen molar-refractivity contribution in [2.45, 2.75) is 4.90 Å². The summed E-state index contributed by atoms with van der Waals surface area (Å²) in [7, 11) is -0.778. The average molecular weight is 217 g/mol. The Morgan fingerprint density at radius 2 is 1.71 bits per heavy atom. The lowest BCUT2D eigenvalue weighted by atomic mass is 10.3. The number of phenolic OH excluding ortho intramolecular Hbond substituents is 2. The molecule has 1 aromatic rings. The van der Waals surface area contributed by atoms with E-state index in [9.17, 15) is 8.42 Å². The SMILES string of the molecule is CN(C)S(=O)(=O)c1ccc(O)c(O)c1. The fourth-order valence-corrected chi connectivity index (χ4v) is 1.80. The maximum Gasteiger partial charge on any atom is 0.242 e. The van der Waals surface area contributed by atoms with Crippen LogP contribution in [-0.4, -0.2) is 37.0 Å². The number of phenols is 2. The molecule has 0 aromatic heterocycles. The Morgan fingerprint density at radius 1 is 1.14 bits per heavy atom. The lowest BCUT2D eigenvalue weighted by molar-refractivity contribution is 0.402. The van der Waals surface area contributed by atoms with Crippen LogP contribution in [0.25, 0.3) is 0 Å². The van der Waals surface area contributed by atoms with E-state index in [4.69, 9.17) is 10.2 Å². The summed E-state index contributed by atoms with van der Waals surface area (Å²) in [4.78, 5) is -0.0576. The van der Waals surface area contributed by atoms with Gasteiger partial charge in [-0.05, 0) is 12.1 Å². The van der Waals surface area contributed by atoms with Gasteiger partial charge in [-0.3, -0.25) is 0 Å². The van der Waals surface area contributed by atoms with Crippen molar-refractivity contribution in [2.24, 2.45) is 0 Å². The molecule has 0 aliphatic heterocycles. The zero-order valence-corrected chi connectivity index (χ0v) is 8.61. The third kappa shape index (κ3) is 1.80. The number of aromatic hydroxyl groups is 2. The normalized spacial score (nSPS) is 11.9. The summed E-state index contributed by atoms with van der Waals surface area (Å²) in [6.45, 7) is 0. The summed E-state index contributed by atoms with van der Waals surface area (Å²) in [5.74, 6) is -0.796. The minimum absolute atomic E-state index is 0.0576. The van der Waals surface area contributed by atoms with E-state index in [2.05, 4.69) is 0 Å². The summed E-state index contributed by atoms with van der Waals surface area (Å²) < 4.78 is 24.1. The van der Waals surface area contributed by atoms with Gasteiger partial charge in [0.15, 0.2) is 11.5 Å². The first-order valence-corrected chi connectivity index (χ1v) is 5.24. The van der Waals surface area contributed by atoms with Gasteiger partial charge in [-0.2, -0.15) is 0 Å². The Labute approximate surface area is 82.3 Å². The minimum Gasteiger partial charge on any atom is -0.504 e. The second-order valence-electron chi connectivity index (χ2n) is 2.94. The molecule has 6 heteroatoms. The highest BCUT2D eigenvalue weighted by Crippen LogP contribution is 2.27. The van der Waals surface area contributed by atoms with E-state index in [-0.39, 0.29) is 10.6 Å². The zero-order valence-electron chi connectivity index (χ0n) is 7.80. The van der Waals surface area contributed by atoms with Gasteiger partial charge in [-0.15, -0.1) is 0 Å². The van der Waals surface area contributed by atoms with Gasteiger partial charge >= 0.3 is 0 Å². The van der Waals surface area contributed by atoms with Crippen LogP contribution in [0.5, 0.6) is 11.5 Å². The lowest BCUT2D eigenvalue weighted by Crippen LogP contribution is -2.22. The summed E-state index contributed by atoms with van der Waals surface area (Å²) in [5.41, 5.74) is 0. The van der Waals surface area contributed by atoms with Crippen LogP contribution in [-0.2, 0) is 10.0 Å². The number of rotatable bonds is 2. The molecule has 1 aromatic carbocycles. The number of benzene rings is 1. The van der Waals surface area contributed by atoms with Crippen molar-refractivity contribution < 1.29 is 18.6 Å². The Kier molecular flexibility index (Phi) is 2.68. The molecular formula is C8H11NO4S. The van der Waals surface area contributed by atoms with Gasteiger partial charge in [0, 0.05) is 20.2 Å². The molecule has 14 heavy (non-hydrogen) atoms. The Hall–Kier alpha value is -1.27. The fraction of sp³-hybridized carbons (Fsp3) is 0.250. The molecule has 2 N–H and O–H groups in total. The highest BCUT2D eigenvalue weighted by Gasteiger charge is 2.18. The van der Waals surface area contributed by atoms with Crippen LogP contribution >= 0.6 is 0 Å². The monoisotopic (exact) mass is 217 g/mol. The van der Waals surface area contributed by atoms with Crippen LogP contribution in [0.4, 0.5) is 0 Å². The second-order valence-corrected chi connectivity index (χ2v) is 5.09. The summed E-state index contributed by atoms with van der Waals surface area (Å²) in [5, 5.41) is 18.1. The molecule has 0 aliphatic rings. The first kappa shape index (κ1) is 10.8. The summed E-state index contributed by atoms with van der Waals surface area (Å²) in [6.07, 6.45) is 0. The number of nitrogens with zero attached hydrogens (tertiary/aromatic N) is 1. The van der Waals surface area contributed by atoms with Gasteiger partial charge in [0.2, 0.25) is 10.0 Å². The molecule has 0 heterocycles. The largest absolute Gasteiger partial charge is 0.504 e. The summed E-state index contributed by atoms with van der Waals surface area (Å²) >= 11 is 0. The van der Waals surface area contributed by atoms with Crippen molar-refractivity contribution in [1.82, 2.24) is 4.31 Å². The Morgan fingerprint density at radius 3 is 2.14 bits per heavy atom. The molecule has 0 bridgehead atoms. The third-order valence-corrected chi connectivity index (χ3v) is 3.54. The van der Waals surface area contributed by atoms with Crippen LogP contribution in [0.3, 0.4) is 0 Å². The topological polar surface area (TPSA) is 77.8 Å². The van der Waals surface area contributed by atoms with Crippen LogP contribution in [0.1, 0.15) is 0 Å². The molecule has 0 atom stereocenters. The van der Waals surface area contributed by atoms with Gasteiger partial charge < -0.3 is 10.2 Å². The quantitative estimate of drug-likeness (QED) is 0.701. The molecule has 0 aliphatic carbocycles. The number of hydrogen-bond acceptors (Lipinski definition) is 4. The highest BCUT2D eigenvalue weighted by atomic mass is 32.2. The van der Waals surface area contributed by atoms with Crippen LogP contribution in [0, 0.1) is 0 Å². The average Bonchev–Trinajstić information content (AvgIpc) is 2.09. The van der Waals surface area contributed by atoms with Crippen LogP contribution < -0.4 is 0 Å². The van der Waals surface area contributed by atoms with Gasteiger partial charge in [0.1, 0.15) is 0 Å². The highest BCUT2D eigenvalue weighted by molar-refractivity contribution is 7.89. The maximum absolute atomic E-state index is 11.5. The van der Waals surface area contributed by atoms with E-state index in [1.807, 2.05) is 0 Å². The molecule has 0 saturated carbocycles. The molecule has 0 radical (unpaired) electrons. The molecule has 0 saturated heterocycles. The van der Waals surface area contributed by atoms with Crippen LogP contribution in [0.2, 0.25) is 0 Å². The zero-order chi connectivity index (χ0) is 10.9. The van der Waals surface area contributed by atoms with E-state index in [1.165, 1.54) is 20.2 Å².